The number of hydrogen-bond acceptors (Lipinski definition) is 6. The van der Waals surface area contributed by atoms with E-state index in [4.69, 9.17) is 9.72 Å². The standard InChI is InChI=1S/C17H26N4OS/c1-12(2)22-10-9-20-5-7-21(8-6-20)16-15-13(3)11-23-17(15)19-14(4)18-16/h11-12H,5-10H2,1-4H3. The van der Waals surface area contributed by atoms with E-state index < -0.39 is 0 Å². The molecule has 23 heavy (non-hydrogen) atoms. The van der Waals surface area contributed by atoms with E-state index in [-0.39, 0.29) is 0 Å². The molecular formula is C17H26N4OS. The summed E-state index contributed by atoms with van der Waals surface area (Å²) in [7, 11) is 0. The zero-order chi connectivity index (χ0) is 16.4. The van der Waals surface area contributed by atoms with Gasteiger partial charge in [0.15, 0.2) is 0 Å². The van der Waals surface area contributed by atoms with E-state index in [1.165, 1.54) is 10.9 Å². The monoisotopic (exact) mass is 334 g/mol. The van der Waals surface area contributed by atoms with Crippen LogP contribution >= 0.6 is 11.3 Å². The Labute approximate surface area is 142 Å². The molecule has 0 N–H and O–H groups in total. The molecule has 0 radical (unpaired) electrons. The minimum atomic E-state index is 0.315. The van der Waals surface area contributed by atoms with E-state index in [2.05, 4.69) is 40.9 Å². The van der Waals surface area contributed by atoms with E-state index in [0.717, 1.165) is 55.8 Å². The molecule has 5 nitrogen and oxygen atoms in total. The van der Waals surface area contributed by atoms with Gasteiger partial charge in [-0.2, -0.15) is 0 Å². The fraction of sp³-hybridized carbons (Fsp3) is 0.647. The van der Waals surface area contributed by atoms with Crippen molar-refractivity contribution in [1.29, 1.82) is 0 Å². The Morgan fingerprint density at radius 1 is 1.17 bits per heavy atom. The summed E-state index contributed by atoms with van der Waals surface area (Å²) in [5.41, 5.74) is 1.28. The molecule has 0 aliphatic carbocycles. The van der Waals surface area contributed by atoms with Gasteiger partial charge in [-0.05, 0) is 38.6 Å². The lowest BCUT2D eigenvalue weighted by atomic mass is 10.2. The molecule has 0 bridgehead atoms. The number of aromatic nitrogens is 2. The second-order valence-electron chi connectivity index (χ2n) is 6.44. The maximum absolute atomic E-state index is 5.66. The van der Waals surface area contributed by atoms with Gasteiger partial charge in [0, 0.05) is 32.7 Å². The van der Waals surface area contributed by atoms with Crippen LogP contribution in [0, 0.1) is 13.8 Å². The molecule has 6 heteroatoms. The fourth-order valence-corrected chi connectivity index (χ4v) is 3.96. The molecule has 0 saturated carbocycles. The summed E-state index contributed by atoms with van der Waals surface area (Å²) in [6.45, 7) is 14.3. The maximum atomic E-state index is 5.66. The normalized spacial score (nSPS) is 16.7. The molecule has 2 aromatic heterocycles. The molecule has 3 heterocycles. The smallest absolute Gasteiger partial charge is 0.141 e. The van der Waals surface area contributed by atoms with E-state index in [0.29, 0.717) is 6.10 Å². The van der Waals surface area contributed by atoms with Gasteiger partial charge in [0.2, 0.25) is 0 Å². The Balaban J connectivity index is 1.67. The molecular weight excluding hydrogens is 308 g/mol. The average molecular weight is 334 g/mol. The molecule has 3 rings (SSSR count). The summed E-state index contributed by atoms with van der Waals surface area (Å²) in [6, 6.07) is 0. The summed E-state index contributed by atoms with van der Waals surface area (Å²) in [4.78, 5) is 15.3. The van der Waals surface area contributed by atoms with Gasteiger partial charge in [0.25, 0.3) is 0 Å². The summed E-state index contributed by atoms with van der Waals surface area (Å²) in [5.74, 6) is 1.98. The van der Waals surface area contributed by atoms with Crippen molar-refractivity contribution in [2.24, 2.45) is 0 Å². The summed E-state index contributed by atoms with van der Waals surface area (Å²) < 4.78 is 5.66. The van der Waals surface area contributed by atoms with Crippen LogP contribution in [0.5, 0.6) is 0 Å². The molecule has 1 aliphatic rings. The van der Waals surface area contributed by atoms with Crippen molar-refractivity contribution in [1.82, 2.24) is 14.9 Å². The summed E-state index contributed by atoms with van der Waals surface area (Å²) in [6.07, 6.45) is 0.315. The van der Waals surface area contributed by atoms with Crippen LogP contribution in [0.2, 0.25) is 0 Å². The third-order valence-corrected chi connectivity index (χ3v) is 5.23. The zero-order valence-corrected chi connectivity index (χ0v) is 15.3. The van der Waals surface area contributed by atoms with Crippen LogP contribution in [0.4, 0.5) is 5.82 Å². The maximum Gasteiger partial charge on any atom is 0.141 e. The van der Waals surface area contributed by atoms with Crippen molar-refractivity contribution in [3.8, 4) is 0 Å². The number of nitrogens with zero attached hydrogens (tertiary/aromatic N) is 4. The number of anilines is 1. The second kappa shape index (κ2) is 7.11. The summed E-state index contributed by atoms with van der Waals surface area (Å²) >= 11 is 1.72. The number of thiophene rings is 1. The predicted molar refractivity (Wildman–Crippen MR) is 96.6 cm³/mol. The highest BCUT2D eigenvalue weighted by atomic mass is 32.1. The third-order valence-electron chi connectivity index (χ3n) is 4.24. The Hall–Kier alpha value is -1.24. The number of rotatable bonds is 5. The lowest BCUT2D eigenvalue weighted by molar-refractivity contribution is 0.0579. The first kappa shape index (κ1) is 16.6. The van der Waals surface area contributed by atoms with Crippen molar-refractivity contribution in [2.45, 2.75) is 33.8 Å². The average Bonchev–Trinajstić information content (AvgIpc) is 2.88. The van der Waals surface area contributed by atoms with Crippen LogP contribution in [-0.4, -0.2) is 60.3 Å². The first-order chi connectivity index (χ1) is 11.0. The van der Waals surface area contributed by atoms with Gasteiger partial charge in [0.05, 0.1) is 18.1 Å². The van der Waals surface area contributed by atoms with Gasteiger partial charge in [-0.1, -0.05) is 0 Å². The van der Waals surface area contributed by atoms with Crippen molar-refractivity contribution in [3.05, 3.63) is 16.8 Å². The molecule has 1 fully saturated rings. The number of aryl methyl sites for hydroxylation is 2. The van der Waals surface area contributed by atoms with Gasteiger partial charge >= 0.3 is 0 Å². The second-order valence-corrected chi connectivity index (χ2v) is 7.30. The van der Waals surface area contributed by atoms with Crippen molar-refractivity contribution >= 4 is 27.4 Å². The molecule has 0 atom stereocenters. The van der Waals surface area contributed by atoms with Gasteiger partial charge in [-0.15, -0.1) is 11.3 Å². The van der Waals surface area contributed by atoms with Gasteiger partial charge < -0.3 is 9.64 Å². The van der Waals surface area contributed by atoms with Gasteiger partial charge in [0.1, 0.15) is 16.5 Å². The van der Waals surface area contributed by atoms with E-state index >= 15 is 0 Å². The zero-order valence-electron chi connectivity index (χ0n) is 14.5. The van der Waals surface area contributed by atoms with E-state index in [1.54, 1.807) is 11.3 Å². The molecule has 0 aromatic carbocycles. The Morgan fingerprint density at radius 3 is 2.61 bits per heavy atom. The molecule has 0 spiro atoms. The molecule has 126 valence electrons. The van der Waals surface area contributed by atoms with E-state index in [1.807, 2.05) is 6.92 Å². The Morgan fingerprint density at radius 2 is 1.91 bits per heavy atom. The van der Waals surface area contributed by atoms with Crippen LogP contribution in [0.1, 0.15) is 25.2 Å². The minimum Gasteiger partial charge on any atom is -0.377 e. The molecule has 0 amide bonds. The summed E-state index contributed by atoms with van der Waals surface area (Å²) in [5, 5.41) is 3.42. The molecule has 1 aliphatic heterocycles. The van der Waals surface area contributed by atoms with Crippen LogP contribution < -0.4 is 4.90 Å². The topological polar surface area (TPSA) is 41.5 Å². The highest BCUT2D eigenvalue weighted by Gasteiger charge is 2.21. The van der Waals surface area contributed by atoms with Gasteiger partial charge in [-0.3, -0.25) is 4.90 Å². The van der Waals surface area contributed by atoms with Crippen LogP contribution in [0.25, 0.3) is 10.2 Å². The first-order valence-electron chi connectivity index (χ1n) is 8.36. The SMILES string of the molecule is Cc1nc(N2CCN(CCOC(C)C)CC2)c2c(C)csc2n1. The van der Waals surface area contributed by atoms with Crippen LogP contribution in [0.3, 0.4) is 0 Å². The van der Waals surface area contributed by atoms with Crippen LogP contribution in [-0.2, 0) is 4.74 Å². The largest absolute Gasteiger partial charge is 0.377 e. The van der Waals surface area contributed by atoms with Gasteiger partial charge in [-0.25, -0.2) is 9.97 Å². The van der Waals surface area contributed by atoms with Crippen molar-refractivity contribution < 1.29 is 4.74 Å². The lowest BCUT2D eigenvalue weighted by Gasteiger charge is -2.35. The molecule has 1 saturated heterocycles. The molecule has 0 unspecified atom stereocenters. The van der Waals surface area contributed by atoms with Crippen molar-refractivity contribution in [2.75, 3.05) is 44.2 Å². The Bertz CT molecular complexity index is 662. The fourth-order valence-electron chi connectivity index (χ4n) is 3.00. The Kier molecular flexibility index (Phi) is 5.14. The van der Waals surface area contributed by atoms with Crippen molar-refractivity contribution in [3.63, 3.8) is 0 Å². The number of piperazine rings is 1. The van der Waals surface area contributed by atoms with Crippen LogP contribution in [0.15, 0.2) is 5.38 Å². The van der Waals surface area contributed by atoms with E-state index in [9.17, 15) is 0 Å². The minimum absolute atomic E-state index is 0.315. The predicted octanol–water partition coefficient (Wildman–Crippen LogP) is 2.86. The molecule has 2 aromatic rings. The third kappa shape index (κ3) is 3.82. The first-order valence-corrected chi connectivity index (χ1v) is 9.24. The highest BCUT2D eigenvalue weighted by molar-refractivity contribution is 7.17. The number of fused-ring (bicyclic) bond motifs is 1. The highest BCUT2D eigenvalue weighted by Crippen LogP contribution is 2.31. The quantitative estimate of drug-likeness (QED) is 0.841. The number of hydrogen-bond donors (Lipinski definition) is 0. The lowest BCUT2D eigenvalue weighted by Crippen LogP contribution is -2.47. The number of ether oxygens (including phenoxy) is 1.